The molecule has 0 aromatic carbocycles. The number of hydrogen-bond acceptors (Lipinski definition) is 7. The van der Waals surface area contributed by atoms with Crippen LogP contribution in [0.4, 0.5) is 0 Å². The second-order valence-electron chi connectivity index (χ2n) is 11.0. The van der Waals surface area contributed by atoms with E-state index in [1.807, 2.05) is 21.1 Å². The van der Waals surface area contributed by atoms with Gasteiger partial charge in [-0.05, 0) is 43.4 Å². The number of aliphatic hydroxyl groups is 1. The van der Waals surface area contributed by atoms with Crippen molar-refractivity contribution in [1.82, 2.24) is 0 Å². The Kier molecular flexibility index (Phi) is 19.1. The summed E-state index contributed by atoms with van der Waals surface area (Å²) in [6.07, 6.45) is 11.0. The van der Waals surface area contributed by atoms with Crippen molar-refractivity contribution in [1.29, 1.82) is 0 Å². The molecule has 0 heterocycles. The van der Waals surface area contributed by atoms with Crippen LogP contribution in [0.25, 0.3) is 0 Å². The third kappa shape index (κ3) is 17.6. The summed E-state index contributed by atoms with van der Waals surface area (Å²) in [5.74, 6) is -0.198. The predicted molar refractivity (Wildman–Crippen MR) is 153 cm³/mol. The maximum Gasteiger partial charge on any atom is 0.473 e. The minimum absolute atomic E-state index is 0.0149. The van der Waals surface area contributed by atoms with Gasteiger partial charge in [0.1, 0.15) is 13.2 Å². The number of aliphatic hydroxyl groups excluding tert-OH is 1. The van der Waals surface area contributed by atoms with E-state index in [0.29, 0.717) is 23.9 Å². The molecular weight excluding hydrogens is 513 g/mol. The van der Waals surface area contributed by atoms with Crippen LogP contribution in [0.15, 0.2) is 5.76 Å². The molecule has 3 atom stereocenters. The number of hydrogen-bond donors (Lipinski definition) is 2. The summed E-state index contributed by atoms with van der Waals surface area (Å²) < 4.78 is 29.4. The molecule has 2 unspecified atom stereocenters. The van der Waals surface area contributed by atoms with Gasteiger partial charge in [0.2, 0.25) is 0 Å². The Morgan fingerprint density at radius 3 is 2.05 bits per heavy atom. The summed E-state index contributed by atoms with van der Waals surface area (Å²) >= 11 is 4.98. The fourth-order valence-electron chi connectivity index (χ4n) is 3.82. The molecule has 0 aliphatic heterocycles. The highest BCUT2D eigenvalue weighted by atomic mass is 32.1. The largest absolute Gasteiger partial charge is 0.473 e. The van der Waals surface area contributed by atoms with E-state index in [-0.39, 0.29) is 18.1 Å². The number of carbonyl (C=O) groups is 1. The first-order valence-electron chi connectivity index (χ1n) is 13.9. The van der Waals surface area contributed by atoms with Gasteiger partial charge in [-0.15, -0.1) is 0 Å². The van der Waals surface area contributed by atoms with Gasteiger partial charge in [0.15, 0.2) is 23.2 Å². The van der Waals surface area contributed by atoms with Crippen molar-refractivity contribution in [3.63, 3.8) is 0 Å². The number of ketones is 1. The zero-order valence-corrected chi connectivity index (χ0v) is 25.8. The number of carbonyl (C=O) groups excluding carboxylic acids is 1. The average molecular weight is 567 g/mol. The van der Waals surface area contributed by atoms with Crippen molar-refractivity contribution in [2.75, 3.05) is 40.9 Å². The Morgan fingerprint density at radius 2 is 1.54 bits per heavy atom. The molecule has 0 rings (SSSR count). The third-order valence-corrected chi connectivity index (χ3v) is 7.51. The molecule has 2 N–H and O–H groups in total. The van der Waals surface area contributed by atoms with Gasteiger partial charge in [-0.3, -0.25) is 13.8 Å². The van der Waals surface area contributed by atoms with Crippen LogP contribution in [-0.2, 0) is 23.1 Å². The quantitative estimate of drug-likeness (QED) is 0.0473. The molecule has 0 saturated carbocycles. The summed E-state index contributed by atoms with van der Waals surface area (Å²) in [4.78, 5) is 23.5. The number of rotatable bonds is 24. The summed E-state index contributed by atoms with van der Waals surface area (Å²) in [6, 6.07) is 0. The monoisotopic (exact) mass is 566 g/mol. The first kappa shape index (κ1) is 36.4. The Hall–Kier alpha value is -0.630. The summed E-state index contributed by atoms with van der Waals surface area (Å²) in [7, 11) is 1.26. The first-order chi connectivity index (χ1) is 17.3. The van der Waals surface area contributed by atoms with Crippen molar-refractivity contribution in [3.05, 3.63) is 5.76 Å². The lowest BCUT2D eigenvalue weighted by Crippen LogP contribution is -2.41. The number of Topliss-reactive ketones (excluding diaryl/α,β-unsaturated/α-hetero) is 1. The van der Waals surface area contributed by atoms with Crippen molar-refractivity contribution in [3.8, 4) is 0 Å². The molecule has 0 bridgehead atoms. The minimum Gasteiger partial charge on any atom is -0.472 e. The highest BCUT2D eigenvalue weighted by Gasteiger charge is 2.38. The van der Waals surface area contributed by atoms with E-state index < -0.39 is 26.1 Å². The summed E-state index contributed by atoms with van der Waals surface area (Å²) in [6.45, 7) is 5.81. The lowest BCUT2D eigenvalue weighted by atomic mass is 9.89. The smallest absolute Gasteiger partial charge is 0.472 e. The van der Waals surface area contributed by atoms with E-state index in [1.54, 1.807) is 6.92 Å². The zero-order chi connectivity index (χ0) is 28.4. The Morgan fingerprint density at radius 1 is 1.00 bits per heavy atom. The fourth-order valence-corrected chi connectivity index (χ4v) is 4.85. The highest BCUT2D eigenvalue weighted by molar-refractivity contribution is 7.78. The number of likely N-dealkylation sites (N-methyl/N-ethyl adjacent to an activating group) is 1. The van der Waals surface area contributed by atoms with Gasteiger partial charge in [0.05, 0.1) is 27.7 Å². The van der Waals surface area contributed by atoms with Gasteiger partial charge in [-0.25, -0.2) is 4.57 Å². The number of phosphoric acid groups is 1. The molecule has 37 heavy (non-hydrogen) atoms. The van der Waals surface area contributed by atoms with E-state index in [2.05, 4.69) is 18.9 Å². The molecule has 0 aliphatic rings. The van der Waals surface area contributed by atoms with Gasteiger partial charge in [0, 0.05) is 6.42 Å². The van der Waals surface area contributed by atoms with Crippen LogP contribution in [0, 0.1) is 0 Å². The molecule has 0 spiro atoms. The zero-order valence-electron chi connectivity index (χ0n) is 24.1. The topological polar surface area (TPSA) is 102 Å². The van der Waals surface area contributed by atoms with Crippen molar-refractivity contribution < 1.29 is 37.6 Å². The van der Waals surface area contributed by atoms with Crippen LogP contribution >= 0.6 is 20.0 Å². The van der Waals surface area contributed by atoms with Crippen LogP contribution < -0.4 is 0 Å². The summed E-state index contributed by atoms with van der Waals surface area (Å²) in [5, 5.41) is 12.3. The number of ether oxygens (including phenoxy) is 1. The maximum absolute atomic E-state index is 13.3. The molecule has 0 radical (unpaired) electrons. The van der Waals surface area contributed by atoms with Gasteiger partial charge in [-0.1, -0.05) is 71.6 Å². The molecule has 0 aromatic rings. The van der Waals surface area contributed by atoms with Gasteiger partial charge < -0.3 is 19.2 Å². The number of unbranched alkanes of at least 4 members (excludes halogenated alkanes) is 9. The average Bonchev–Trinajstić information content (AvgIpc) is 2.82. The Labute approximate surface area is 231 Å². The molecule has 0 saturated heterocycles. The van der Waals surface area contributed by atoms with Gasteiger partial charge in [-0.2, -0.15) is 0 Å². The van der Waals surface area contributed by atoms with Crippen molar-refractivity contribution in [2.24, 2.45) is 0 Å². The second-order valence-corrected chi connectivity index (χ2v) is 12.6. The molecule has 218 valence electrons. The van der Waals surface area contributed by atoms with Gasteiger partial charge in [0.25, 0.3) is 0 Å². The Bertz CT molecular complexity index is 737. The lowest BCUT2D eigenvalue weighted by Gasteiger charge is -2.32. The van der Waals surface area contributed by atoms with Crippen molar-refractivity contribution in [2.45, 2.75) is 116 Å². The maximum atomic E-state index is 13.3. The number of phosphoric ester groups is 1. The number of quaternary nitrogens is 1. The van der Waals surface area contributed by atoms with Gasteiger partial charge >= 0.3 is 7.82 Å². The van der Waals surface area contributed by atoms with Crippen LogP contribution in [0.2, 0.25) is 0 Å². The standard InChI is InChI=1S/C27H52NO7PS/c1-7-9-11-13-14-15-16-18-26(30)27(3,19-17-12-10-8-2)34-25(23-37)24(22-29)35-36(31,32)33-21-20-28(4,5)6/h24,29H,7-22H2,1-6H3/p+1/t24-,27?/m0/s1. The SMILES string of the molecule is CCCCCCCCCC(=O)C(C)(CCCCCC)OC(=C=S)[C@H](CO)OP(=O)(O)OCC[N+](C)(C)C. The lowest BCUT2D eigenvalue weighted by molar-refractivity contribution is -0.870. The van der Waals surface area contributed by atoms with Crippen LogP contribution in [-0.4, -0.2) is 77.9 Å². The first-order valence-corrected chi connectivity index (χ1v) is 15.8. The van der Waals surface area contributed by atoms with E-state index in [4.69, 9.17) is 26.0 Å². The van der Waals surface area contributed by atoms with E-state index in [9.17, 15) is 19.4 Å². The molecule has 10 heteroatoms. The second kappa shape index (κ2) is 19.4. The Balaban J connectivity index is 5.30. The summed E-state index contributed by atoms with van der Waals surface area (Å²) in [5.41, 5.74) is -1.20. The third-order valence-electron chi connectivity index (χ3n) is 6.28. The molecule has 0 aliphatic carbocycles. The van der Waals surface area contributed by atoms with Crippen LogP contribution in [0.5, 0.6) is 0 Å². The predicted octanol–water partition coefficient (Wildman–Crippen LogP) is 6.13. The normalized spacial score (nSPS) is 15.9. The fraction of sp³-hybridized carbons (Fsp3) is 0.889. The molecule has 0 amide bonds. The molecule has 8 nitrogen and oxygen atoms in total. The molecule has 0 fully saturated rings. The molecular formula is C27H53NO7PS+. The number of thiocarbonyl (C=S) groups is 1. The van der Waals surface area contributed by atoms with E-state index in [1.165, 1.54) is 25.7 Å². The molecule has 0 aromatic heterocycles. The minimum atomic E-state index is -4.51. The van der Waals surface area contributed by atoms with E-state index in [0.717, 1.165) is 44.9 Å². The highest BCUT2D eigenvalue weighted by Crippen LogP contribution is 2.45. The number of nitrogens with zero attached hydrogens (tertiary/aromatic N) is 1. The van der Waals surface area contributed by atoms with E-state index >= 15 is 0 Å². The van der Waals surface area contributed by atoms with Crippen LogP contribution in [0.1, 0.15) is 104 Å². The van der Waals surface area contributed by atoms with Crippen LogP contribution in [0.3, 0.4) is 0 Å². The van der Waals surface area contributed by atoms with Crippen molar-refractivity contribution >= 4 is 30.8 Å².